The number of oxime groups is 1. The molecule has 0 saturated carbocycles. The number of piperidine rings is 1. The van der Waals surface area contributed by atoms with Crippen LogP contribution in [0.1, 0.15) is 25.7 Å². The molecule has 1 saturated heterocycles. The number of alkyl halides is 3. The molecule has 0 aromatic rings. The summed E-state index contributed by atoms with van der Waals surface area (Å²) in [6.45, 7) is 6.15. The van der Waals surface area contributed by atoms with E-state index < -0.39 is 11.7 Å². The molecule has 126 valence electrons. The van der Waals surface area contributed by atoms with Crippen LogP contribution in [0, 0.1) is 0 Å². The Kier molecular flexibility index (Phi) is 4.44. The Hall–Kier alpha value is -1.08. The molecule has 1 fully saturated rings. The van der Waals surface area contributed by atoms with E-state index in [9.17, 15) is 13.2 Å². The highest BCUT2D eigenvalue weighted by molar-refractivity contribution is 9.18. The van der Waals surface area contributed by atoms with Crippen LogP contribution in [0.25, 0.3) is 0 Å². The van der Waals surface area contributed by atoms with Crippen LogP contribution in [-0.2, 0) is 4.84 Å². The van der Waals surface area contributed by atoms with E-state index >= 15 is 0 Å². The van der Waals surface area contributed by atoms with Crippen LogP contribution in [0.2, 0.25) is 0 Å². The molecule has 0 bridgehead atoms. The third-order valence-electron chi connectivity index (χ3n) is 4.68. The second-order valence-electron chi connectivity index (χ2n) is 6.36. The molecule has 1 spiro atoms. The van der Waals surface area contributed by atoms with E-state index in [4.69, 9.17) is 4.84 Å². The highest BCUT2D eigenvalue weighted by Gasteiger charge is 2.41. The van der Waals surface area contributed by atoms with Gasteiger partial charge >= 0.3 is 6.18 Å². The van der Waals surface area contributed by atoms with Gasteiger partial charge in [0.15, 0.2) is 0 Å². The number of halogens is 4. The van der Waals surface area contributed by atoms with E-state index in [0.717, 1.165) is 42.5 Å². The number of nitrogens with zero attached hydrogens (tertiary/aromatic N) is 2. The number of likely N-dealkylation sites (tertiary alicyclic amines) is 1. The van der Waals surface area contributed by atoms with Crippen LogP contribution in [-0.4, -0.2) is 40.9 Å². The Morgan fingerprint density at radius 3 is 2.52 bits per heavy atom. The molecule has 3 nitrogen and oxygen atoms in total. The van der Waals surface area contributed by atoms with E-state index in [1.54, 1.807) is 6.08 Å². The molecule has 0 aromatic heterocycles. The molecule has 2 aliphatic heterocycles. The number of hydrogen-bond acceptors (Lipinski definition) is 3. The van der Waals surface area contributed by atoms with Crippen LogP contribution in [0.5, 0.6) is 0 Å². The SMILES string of the molecule is C=C1CC(C(F)(F)F)=CC=C1CN1CCC2(CC1)CC(Br)=NO2. The molecule has 3 rings (SSSR count). The number of hydrogen-bond donors (Lipinski definition) is 0. The molecular weight excluding hydrogens is 373 g/mol. The molecule has 0 amide bonds. The molecule has 2 heterocycles. The molecule has 0 atom stereocenters. The Morgan fingerprint density at radius 1 is 1.30 bits per heavy atom. The number of allylic oxidation sites excluding steroid dienone is 3. The zero-order valence-corrected chi connectivity index (χ0v) is 14.2. The summed E-state index contributed by atoms with van der Waals surface area (Å²) >= 11 is 3.37. The molecule has 0 unspecified atom stereocenters. The fourth-order valence-electron chi connectivity index (χ4n) is 3.18. The quantitative estimate of drug-likeness (QED) is 0.700. The minimum atomic E-state index is -4.27. The first kappa shape index (κ1) is 16.8. The van der Waals surface area contributed by atoms with Crippen molar-refractivity contribution in [3.05, 3.63) is 35.5 Å². The first-order valence-corrected chi connectivity index (χ1v) is 8.35. The minimum absolute atomic E-state index is 0.114. The van der Waals surface area contributed by atoms with Crippen molar-refractivity contribution in [1.29, 1.82) is 0 Å². The van der Waals surface area contributed by atoms with Gasteiger partial charge in [0, 0.05) is 50.9 Å². The van der Waals surface area contributed by atoms with Gasteiger partial charge in [-0.3, -0.25) is 4.90 Å². The van der Waals surface area contributed by atoms with Crippen LogP contribution in [0.4, 0.5) is 13.2 Å². The summed E-state index contributed by atoms with van der Waals surface area (Å²) in [5.74, 6) is 0. The Morgan fingerprint density at radius 2 is 2.00 bits per heavy atom. The Bertz CT molecular complexity index is 599. The summed E-state index contributed by atoms with van der Waals surface area (Å²) in [6, 6.07) is 0. The van der Waals surface area contributed by atoms with E-state index in [0.29, 0.717) is 12.1 Å². The maximum atomic E-state index is 12.7. The van der Waals surface area contributed by atoms with Crippen molar-refractivity contribution in [1.82, 2.24) is 4.90 Å². The third-order valence-corrected chi connectivity index (χ3v) is 5.10. The van der Waals surface area contributed by atoms with Gasteiger partial charge in [0.1, 0.15) is 10.2 Å². The van der Waals surface area contributed by atoms with Crippen LogP contribution >= 0.6 is 15.9 Å². The van der Waals surface area contributed by atoms with E-state index in [2.05, 4.69) is 32.6 Å². The van der Waals surface area contributed by atoms with E-state index in [-0.39, 0.29) is 12.0 Å². The molecule has 0 aromatic carbocycles. The zero-order chi connectivity index (χ0) is 16.7. The minimum Gasteiger partial charge on any atom is -0.388 e. The molecule has 0 radical (unpaired) electrons. The topological polar surface area (TPSA) is 24.8 Å². The largest absolute Gasteiger partial charge is 0.413 e. The van der Waals surface area contributed by atoms with Crippen LogP contribution in [0.15, 0.2) is 40.6 Å². The zero-order valence-electron chi connectivity index (χ0n) is 12.6. The highest BCUT2D eigenvalue weighted by atomic mass is 79.9. The van der Waals surface area contributed by atoms with E-state index in [1.165, 1.54) is 6.08 Å². The first-order valence-electron chi connectivity index (χ1n) is 7.55. The number of rotatable bonds is 2. The molecule has 0 N–H and O–H groups in total. The van der Waals surface area contributed by atoms with Gasteiger partial charge in [-0.2, -0.15) is 13.2 Å². The monoisotopic (exact) mass is 390 g/mol. The molecule has 3 aliphatic rings. The lowest BCUT2D eigenvalue weighted by molar-refractivity contribution is -0.0932. The second-order valence-corrected chi connectivity index (χ2v) is 7.27. The maximum Gasteiger partial charge on any atom is 0.413 e. The molecule has 7 heteroatoms. The second kappa shape index (κ2) is 6.09. The first-order chi connectivity index (χ1) is 10.8. The van der Waals surface area contributed by atoms with Crippen LogP contribution in [0.3, 0.4) is 0 Å². The fraction of sp³-hybridized carbons (Fsp3) is 0.562. The average Bonchev–Trinajstić information content (AvgIpc) is 2.84. The lowest BCUT2D eigenvalue weighted by atomic mass is 9.88. The van der Waals surface area contributed by atoms with Gasteiger partial charge in [0.2, 0.25) is 0 Å². The summed E-state index contributed by atoms with van der Waals surface area (Å²) < 4.78 is 39.0. The van der Waals surface area contributed by atoms with Crippen molar-refractivity contribution in [3.8, 4) is 0 Å². The summed E-state index contributed by atoms with van der Waals surface area (Å²) in [5, 5.41) is 3.97. The summed E-state index contributed by atoms with van der Waals surface area (Å²) in [6.07, 6.45) is 0.899. The average molecular weight is 391 g/mol. The van der Waals surface area contributed by atoms with Crippen molar-refractivity contribution in [3.63, 3.8) is 0 Å². The van der Waals surface area contributed by atoms with Gasteiger partial charge in [-0.15, -0.1) is 0 Å². The third kappa shape index (κ3) is 3.71. The lowest BCUT2D eigenvalue weighted by Crippen LogP contribution is -2.45. The van der Waals surface area contributed by atoms with Gasteiger partial charge in [-0.1, -0.05) is 23.9 Å². The maximum absolute atomic E-state index is 12.7. The fourth-order valence-corrected chi connectivity index (χ4v) is 3.77. The summed E-state index contributed by atoms with van der Waals surface area (Å²) in [5.41, 5.74) is 0.726. The van der Waals surface area contributed by atoms with E-state index in [1.807, 2.05) is 0 Å². The highest BCUT2D eigenvalue weighted by Crippen LogP contribution is 2.38. The Labute approximate surface area is 141 Å². The molecular formula is C16H18BrF3N2O. The van der Waals surface area contributed by atoms with Crippen molar-refractivity contribution in [2.45, 2.75) is 37.5 Å². The normalized spacial score (nSPS) is 25.0. The summed E-state index contributed by atoms with van der Waals surface area (Å²) in [7, 11) is 0. The standard InChI is InChI=1S/C16H18BrF3N2O/c1-11-8-13(16(18,19)20)3-2-12(11)10-22-6-4-15(5-7-22)9-14(17)21-23-15/h2-3H,1,4-10H2. The van der Waals surface area contributed by atoms with Crippen molar-refractivity contribution in [2.75, 3.05) is 19.6 Å². The predicted molar refractivity (Wildman–Crippen MR) is 86.4 cm³/mol. The van der Waals surface area contributed by atoms with Gasteiger partial charge in [-0.05, 0) is 27.1 Å². The van der Waals surface area contributed by atoms with Crippen molar-refractivity contribution >= 4 is 20.6 Å². The summed E-state index contributed by atoms with van der Waals surface area (Å²) in [4.78, 5) is 7.79. The Balaban J connectivity index is 1.58. The van der Waals surface area contributed by atoms with Crippen molar-refractivity contribution in [2.24, 2.45) is 5.16 Å². The van der Waals surface area contributed by atoms with Gasteiger partial charge in [-0.25, -0.2) is 0 Å². The predicted octanol–water partition coefficient (Wildman–Crippen LogP) is 4.32. The lowest BCUT2D eigenvalue weighted by Gasteiger charge is -2.37. The molecule has 23 heavy (non-hydrogen) atoms. The van der Waals surface area contributed by atoms with Gasteiger partial charge < -0.3 is 4.84 Å². The van der Waals surface area contributed by atoms with Gasteiger partial charge in [0.25, 0.3) is 0 Å². The van der Waals surface area contributed by atoms with Gasteiger partial charge in [0.05, 0.1) is 0 Å². The smallest absolute Gasteiger partial charge is 0.388 e. The van der Waals surface area contributed by atoms with Crippen LogP contribution < -0.4 is 0 Å². The van der Waals surface area contributed by atoms with Crippen molar-refractivity contribution < 1.29 is 18.0 Å². The molecule has 1 aliphatic carbocycles.